The highest BCUT2D eigenvalue weighted by atomic mass is 79.9. The Morgan fingerprint density at radius 3 is 2.44 bits per heavy atom. The van der Waals surface area contributed by atoms with Gasteiger partial charge in [-0.2, -0.15) is 5.26 Å². The first kappa shape index (κ1) is 24.7. The lowest BCUT2D eigenvalue weighted by Gasteiger charge is -2.14. The highest BCUT2D eigenvalue weighted by Crippen LogP contribution is 2.27. The summed E-state index contributed by atoms with van der Waals surface area (Å²) in [7, 11) is 0. The van der Waals surface area contributed by atoms with Gasteiger partial charge in [-0.1, -0.05) is 54.1 Å². The van der Waals surface area contributed by atoms with E-state index in [9.17, 15) is 14.9 Å². The fourth-order valence-electron chi connectivity index (χ4n) is 3.12. The Morgan fingerprint density at radius 2 is 1.79 bits per heavy atom. The zero-order valence-electron chi connectivity index (χ0n) is 18.8. The van der Waals surface area contributed by atoms with Crippen molar-refractivity contribution in [3.8, 4) is 11.8 Å². The van der Waals surface area contributed by atoms with Crippen LogP contribution in [0.1, 0.15) is 29.7 Å². The summed E-state index contributed by atoms with van der Waals surface area (Å²) in [4.78, 5) is 24.7. The number of amides is 2. The van der Waals surface area contributed by atoms with E-state index >= 15 is 0 Å². The van der Waals surface area contributed by atoms with Gasteiger partial charge in [0.05, 0.1) is 10.5 Å². The Hall–Kier alpha value is -3.89. The molecule has 34 heavy (non-hydrogen) atoms. The Labute approximate surface area is 207 Å². The SMILES string of the molecule is Cc1ccc(NC(=O)COc2ccc(/C=C(/C#N)C(=O)N[C@H](C)c3ccccc3)cc2Br)cc1. The number of nitrogens with zero attached hydrogens (tertiary/aromatic N) is 1. The maximum absolute atomic E-state index is 12.6. The molecule has 6 nitrogen and oxygen atoms in total. The molecule has 2 N–H and O–H groups in total. The molecule has 1 atom stereocenters. The van der Waals surface area contributed by atoms with E-state index in [2.05, 4.69) is 26.6 Å². The van der Waals surface area contributed by atoms with Crippen LogP contribution in [0.15, 0.2) is 82.8 Å². The number of carbonyl (C=O) groups excluding carboxylic acids is 2. The van der Waals surface area contributed by atoms with Crippen molar-refractivity contribution in [1.29, 1.82) is 5.26 Å². The molecule has 0 fully saturated rings. The van der Waals surface area contributed by atoms with Crippen molar-refractivity contribution in [2.75, 3.05) is 11.9 Å². The predicted octanol–water partition coefficient (Wildman–Crippen LogP) is 5.56. The standard InChI is InChI=1S/C27H24BrN3O3/c1-18-8-11-23(12-9-18)31-26(32)17-34-25-13-10-20(15-24(25)28)14-22(16-29)27(33)30-19(2)21-6-4-3-5-7-21/h3-15,19H,17H2,1-2H3,(H,30,33)(H,31,32)/b22-14-/t19-/m1/s1. The Morgan fingerprint density at radius 1 is 1.09 bits per heavy atom. The average molecular weight is 518 g/mol. The second kappa shape index (κ2) is 11.8. The van der Waals surface area contributed by atoms with Crippen molar-refractivity contribution in [2.24, 2.45) is 0 Å². The van der Waals surface area contributed by atoms with E-state index < -0.39 is 5.91 Å². The van der Waals surface area contributed by atoms with Gasteiger partial charge < -0.3 is 15.4 Å². The highest BCUT2D eigenvalue weighted by Gasteiger charge is 2.14. The third-order valence-corrected chi connectivity index (χ3v) is 5.59. The van der Waals surface area contributed by atoms with Crippen molar-refractivity contribution >= 4 is 39.5 Å². The van der Waals surface area contributed by atoms with Crippen LogP contribution in [-0.4, -0.2) is 18.4 Å². The number of benzene rings is 3. The molecule has 0 saturated heterocycles. The maximum atomic E-state index is 12.6. The molecule has 0 unspecified atom stereocenters. The van der Waals surface area contributed by atoms with Crippen LogP contribution >= 0.6 is 15.9 Å². The van der Waals surface area contributed by atoms with Gasteiger partial charge in [0, 0.05) is 5.69 Å². The number of anilines is 1. The molecule has 0 aliphatic heterocycles. The summed E-state index contributed by atoms with van der Waals surface area (Å²) >= 11 is 3.42. The molecule has 3 aromatic carbocycles. The van der Waals surface area contributed by atoms with Crippen LogP contribution in [0.25, 0.3) is 6.08 Å². The van der Waals surface area contributed by atoms with Gasteiger partial charge >= 0.3 is 0 Å². The predicted molar refractivity (Wildman–Crippen MR) is 136 cm³/mol. The summed E-state index contributed by atoms with van der Waals surface area (Å²) in [6, 6.07) is 23.8. The third-order valence-electron chi connectivity index (χ3n) is 4.97. The molecule has 0 spiro atoms. The maximum Gasteiger partial charge on any atom is 0.262 e. The number of rotatable bonds is 8. The second-order valence-electron chi connectivity index (χ2n) is 7.67. The van der Waals surface area contributed by atoms with Crippen LogP contribution in [0, 0.1) is 18.3 Å². The van der Waals surface area contributed by atoms with Crippen LogP contribution in [0.4, 0.5) is 5.69 Å². The second-order valence-corrected chi connectivity index (χ2v) is 8.52. The number of nitriles is 1. The van der Waals surface area contributed by atoms with Crippen molar-refractivity contribution in [1.82, 2.24) is 5.32 Å². The summed E-state index contributed by atoms with van der Waals surface area (Å²) in [6.45, 7) is 3.67. The number of hydrogen-bond acceptors (Lipinski definition) is 4. The molecule has 172 valence electrons. The van der Waals surface area contributed by atoms with E-state index in [1.807, 2.05) is 74.5 Å². The number of carbonyl (C=O) groups is 2. The van der Waals surface area contributed by atoms with E-state index in [-0.39, 0.29) is 24.1 Å². The molecular formula is C27H24BrN3O3. The first-order valence-electron chi connectivity index (χ1n) is 10.6. The minimum atomic E-state index is -0.455. The quantitative estimate of drug-likeness (QED) is 0.302. The smallest absolute Gasteiger partial charge is 0.262 e. The van der Waals surface area contributed by atoms with Crippen molar-refractivity contribution in [3.05, 3.63) is 99.5 Å². The molecule has 0 aliphatic carbocycles. The molecule has 0 heterocycles. The molecule has 7 heteroatoms. The Balaban J connectivity index is 1.61. The average Bonchev–Trinajstić information content (AvgIpc) is 2.83. The largest absolute Gasteiger partial charge is 0.483 e. The van der Waals surface area contributed by atoms with Gasteiger partial charge in [0.15, 0.2) is 6.61 Å². The molecule has 0 aromatic heterocycles. The Kier molecular flexibility index (Phi) is 8.60. The summed E-state index contributed by atoms with van der Waals surface area (Å²) in [5.41, 5.74) is 3.38. The first-order valence-corrected chi connectivity index (χ1v) is 11.4. The number of halogens is 1. The fraction of sp³-hybridized carbons (Fsp3) is 0.148. The number of hydrogen-bond donors (Lipinski definition) is 2. The van der Waals surface area contributed by atoms with Crippen LogP contribution < -0.4 is 15.4 Å². The van der Waals surface area contributed by atoms with E-state index in [4.69, 9.17) is 4.74 Å². The topological polar surface area (TPSA) is 91.2 Å². The molecule has 0 radical (unpaired) electrons. The first-order chi connectivity index (χ1) is 16.4. The summed E-state index contributed by atoms with van der Waals surface area (Å²) in [5.74, 6) is -0.268. The normalized spacial score (nSPS) is 11.8. The van der Waals surface area contributed by atoms with Crippen molar-refractivity contribution < 1.29 is 14.3 Å². The number of ether oxygens (including phenoxy) is 1. The summed E-state index contributed by atoms with van der Waals surface area (Å²) in [5, 5.41) is 15.1. The van der Waals surface area contributed by atoms with Gasteiger partial charge in [0.1, 0.15) is 17.4 Å². The lowest BCUT2D eigenvalue weighted by atomic mass is 10.1. The lowest BCUT2D eigenvalue weighted by molar-refractivity contribution is -0.118. The monoisotopic (exact) mass is 517 g/mol. The summed E-state index contributed by atoms with van der Waals surface area (Å²) < 4.78 is 6.20. The summed E-state index contributed by atoms with van der Waals surface area (Å²) in [6.07, 6.45) is 1.51. The van der Waals surface area contributed by atoms with Gasteiger partial charge in [-0.05, 0) is 71.2 Å². The lowest BCUT2D eigenvalue weighted by Crippen LogP contribution is -2.27. The minimum absolute atomic E-state index is 0.0131. The van der Waals surface area contributed by atoms with Crippen LogP contribution in [-0.2, 0) is 9.59 Å². The number of nitrogens with one attached hydrogen (secondary N) is 2. The van der Waals surface area contributed by atoms with Gasteiger partial charge in [0.25, 0.3) is 11.8 Å². The zero-order valence-corrected chi connectivity index (χ0v) is 20.4. The zero-order chi connectivity index (χ0) is 24.5. The number of aryl methyl sites for hydroxylation is 1. The fourth-order valence-corrected chi connectivity index (χ4v) is 3.63. The highest BCUT2D eigenvalue weighted by molar-refractivity contribution is 9.10. The van der Waals surface area contributed by atoms with E-state index in [0.717, 1.165) is 11.1 Å². The van der Waals surface area contributed by atoms with Gasteiger partial charge in [-0.15, -0.1) is 0 Å². The molecule has 3 aromatic rings. The molecule has 0 bridgehead atoms. The molecule has 0 aliphatic rings. The third kappa shape index (κ3) is 7.06. The molecule has 2 amide bonds. The van der Waals surface area contributed by atoms with Crippen LogP contribution in [0.5, 0.6) is 5.75 Å². The molecular weight excluding hydrogens is 494 g/mol. The van der Waals surface area contributed by atoms with E-state index in [0.29, 0.717) is 21.5 Å². The van der Waals surface area contributed by atoms with Crippen LogP contribution in [0.2, 0.25) is 0 Å². The molecule has 0 saturated carbocycles. The van der Waals surface area contributed by atoms with Gasteiger partial charge in [0.2, 0.25) is 0 Å². The van der Waals surface area contributed by atoms with E-state index in [1.54, 1.807) is 18.2 Å². The van der Waals surface area contributed by atoms with Crippen molar-refractivity contribution in [2.45, 2.75) is 19.9 Å². The van der Waals surface area contributed by atoms with Gasteiger partial charge in [-0.3, -0.25) is 9.59 Å². The van der Waals surface area contributed by atoms with Crippen LogP contribution in [0.3, 0.4) is 0 Å². The minimum Gasteiger partial charge on any atom is -0.483 e. The van der Waals surface area contributed by atoms with Crippen molar-refractivity contribution in [3.63, 3.8) is 0 Å². The molecule has 3 rings (SSSR count). The van der Waals surface area contributed by atoms with Gasteiger partial charge in [-0.25, -0.2) is 0 Å². The Bertz CT molecular complexity index is 1230. The van der Waals surface area contributed by atoms with E-state index in [1.165, 1.54) is 6.08 Å².